The maximum absolute atomic E-state index is 5.66. The molecule has 0 amide bonds. The monoisotopic (exact) mass is 275 g/mol. The molecule has 2 rings (SSSR count). The van der Waals surface area contributed by atoms with Crippen molar-refractivity contribution in [3.8, 4) is 0 Å². The van der Waals surface area contributed by atoms with Crippen LogP contribution in [0.3, 0.4) is 0 Å². The Morgan fingerprint density at radius 2 is 2.00 bits per heavy atom. The third-order valence-electron chi connectivity index (χ3n) is 4.48. The van der Waals surface area contributed by atoms with Crippen molar-refractivity contribution in [1.29, 1.82) is 0 Å². The Bertz CT molecular complexity index is 439. The molecule has 0 fully saturated rings. The van der Waals surface area contributed by atoms with Crippen LogP contribution in [0, 0.1) is 11.3 Å². The van der Waals surface area contributed by atoms with Crippen LogP contribution < -0.4 is 5.32 Å². The first kappa shape index (κ1) is 15.5. The molecule has 0 heterocycles. The van der Waals surface area contributed by atoms with Gasteiger partial charge in [0, 0.05) is 18.7 Å². The second kappa shape index (κ2) is 6.28. The van der Waals surface area contributed by atoms with E-state index in [1.54, 1.807) is 0 Å². The van der Waals surface area contributed by atoms with Gasteiger partial charge in [-0.15, -0.1) is 0 Å². The minimum Gasteiger partial charge on any atom is -0.380 e. The molecule has 2 nitrogen and oxygen atoms in total. The van der Waals surface area contributed by atoms with Crippen LogP contribution in [-0.2, 0) is 11.2 Å². The molecule has 0 saturated carbocycles. The summed E-state index contributed by atoms with van der Waals surface area (Å²) in [5, 5.41) is 3.87. The highest BCUT2D eigenvalue weighted by molar-refractivity contribution is 5.37. The Kier molecular flexibility index (Phi) is 4.87. The minimum absolute atomic E-state index is 0.267. The molecular formula is C18H29NO. The zero-order valence-electron chi connectivity index (χ0n) is 13.6. The fourth-order valence-corrected chi connectivity index (χ4v) is 3.20. The fraction of sp³-hybridized carbons (Fsp3) is 0.667. The summed E-state index contributed by atoms with van der Waals surface area (Å²) in [6.07, 6.45) is 1.15. The van der Waals surface area contributed by atoms with E-state index in [0.29, 0.717) is 18.0 Å². The number of nitrogens with one attached hydrogen (secondary N) is 1. The Morgan fingerprint density at radius 3 is 2.65 bits per heavy atom. The maximum Gasteiger partial charge on any atom is 0.0622 e. The van der Waals surface area contributed by atoms with Gasteiger partial charge in [-0.25, -0.2) is 0 Å². The van der Waals surface area contributed by atoms with Crippen LogP contribution in [0.1, 0.15) is 51.8 Å². The highest BCUT2D eigenvalue weighted by atomic mass is 16.5. The molecule has 20 heavy (non-hydrogen) atoms. The van der Waals surface area contributed by atoms with E-state index in [-0.39, 0.29) is 5.41 Å². The van der Waals surface area contributed by atoms with Crippen LogP contribution >= 0.6 is 0 Å². The van der Waals surface area contributed by atoms with Crippen molar-refractivity contribution in [1.82, 2.24) is 5.32 Å². The molecule has 1 N–H and O–H groups in total. The third-order valence-corrected chi connectivity index (χ3v) is 4.48. The molecule has 0 saturated heterocycles. The van der Waals surface area contributed by atoms with E-state index in [1.807, 2.05) is 0 Å². The summed E-state index contributed by atoms with van der Waals surface area (Å²) in [5.74, 6) is 0.574. The molecule has 1 aromatic carbocycles. The predicted octanol–water partition coefficient (Wildman–Crippen LogP) is 3.96. The van der Waals surface area contributed by atoms with Gasteiger partial charge < -0.3 is 10.1 Å². The lowest BCUT2D eigenvalue weighted by molar-refractivity contribution is 0.0932. The van der Waals surface area contributed by atoms with Crippen molar-refractivity contribution >= 4 is 0 Å². The van der Waals surface area contributed by atoms with Gasteiger partial charge in [-0.2, -0.15) is 0 Å². The molecule has 2 atom stereocenters. The Labute approximate surface area is 123 Å². The van der Waals surface area contributed by atoms with Crippen molar-refractivity contribution in [2.45, 2.75) is 53.1 Å². The summed E-state index contributed by atoms with van der Waals surface area (Å²) in [4.78, 5) is 0. The Morgan fingerprint density at radius 1 is 1.30 bits per heavy atom. The molecule has 112 valence electrons. The second-order valence-electron chi connectivity index (χ2n) is 6.97. The summed E-state index contributed by atoms with van der Waals surface area (Å²) < 4.78 is 5.66. The van der Waals surface area contributed by atoms with Gasteiger partial charge in [-0.05, 0) is 35.8 Å². The topological polar surface area (TPSA) is 21.3 Å². The second-order valence-corrected chi connectivity index (χ2v) is 6.97. The van der Waals surface area contributed by atoms with Crippen LogP contribution in [-0.4, -0.2) is 19.3 Å². The molecule has 1 aliphatic rings. The third kappa shape index (κ3) is 3.24. The smallest absolute Gasteiger partial charge is 0.0622 e. The number of hydrogen-bond acceptors (Lipinski definition) is 2. The van der Waals surface area contributed by atoms with Crippen LogP contribution in [0.4, 0.5) is 0 Å². The summed E-state index contributed by atoms with van der Waals surface area (Å²) >= 11 is 0. The van der Waals surface area contributed by atoms with E-state index in [1.165, 1.54) is 11.1 Å². The van der Waals surface area contributed by atoms with E-state index < -0.39 is 0 Å². The van der Waals surface area contributed by atoms with Gasteiger partial charge in [0.1, 0.15) is 0 Å². The van der Waals surface area contributed by atoms with E-state index in [2.05, 4.69) is 64.2 Å². The molecule has 2 unspecified atom stereocenters. The van der Waals surface area contributed by atoms with Crippen LogP contribution in [0.25, 0.3) is 0 Å². The number of rotatable bonds is 6. The molecular weight excluding hydrogens is 246 g/mol. The lowest BCUT2D eigenvalue weighted by Crippen LogP contribution is -2.44. The highest BCUT2D eigenvalue weighted by Crippen LogP contribution is 2.45. The van der Waals surface area contributed by atoms with Crippen molar-refractivity contribution < 1.29 is 4.74 Å². The molecule has 1 aromatic rings. The standard InChI is InChI=1S/C18H29NO/c1-6-20-12-16(13(2)3)19-17-15-10-8-7-9-14(15)11-18(17,4)5/h7-10,13,16-17,19H,6,11-12H2,1-5H3. The van der Waals surface area contributed by atoms with Crippen molar-refractivity contribution in [2.24, 2.45) is 11.3 Å². The lowest BCUT2D eigenvalue weighted by Gasteiger charge is -2.34. The van der Waals surface area contributed by atoms with E-state index in [4.69, 9.17) is 4.74 Å². The zero-order chi connectivity index (χ0) is 14.8. The van der Waals surface area contributed by atoms with Gasteiger partial charge in [0.05, 0.1) is 6.61 Å². The molecule has 0 spiro atoms. The van der Waals surface area contributed by atoms with Crippen LogP contribution in [0.2, 0.25) is 0 Å². The molecule has 0 aliphatic heterocycles. The van der Waals surface area contributed by atoms with Gasteiger partial charge in [0.2, 0.25) is 0 Å². The fourth-order valence-electron chi connectivity index (χ4n) is 3.20. The van der Waals surface area contributed by atoms with Crippen LogP contribution in [0.15, 0.2) is 24.3 Å². The average Bonchev–Trinajstić information content (AvgIpc) is 2.64. The number of hydrogen-bond donors (Lipinski definition) is 1. The van der Waals surface area contributed by atoms with E-state index in [0.717, 1.165) is 19.6 Å². The molecule has 0 radical (unpaired) electrons. The predicted molar refractivity (Wildman–Crippen MR) is 84.9 cm³/mol. The average molecular weight is 275 g/mol. The summed E-state index contributed by atoms with van der Waals surface area (Å²) in [6, 6.07) is 9.68. The van der Waals surface area contributed by atoms with Gasteiger partial charge in [-0.3, -0.25) is 0 Å². The number of fused-ring (bicyclic) bond motifs is 1. The van der Waals surface area contributed by atoms with Gasteiger partial charge in [-0.1, -0.05) is 52.0 Å². The molecule has 2 heteroatoms. The first-order chi connectivity index (χ1) is 9.45. The van der Waals surface area contributed by atoms with Gasteiger partial charge in [0.15, 0.2) is 0 Å². The summed E-state index contributed by atoms with van der Waals surface area (Å²) in [7, 11) is 0. The number of ether oxygens (including phenoxy) is 1. The molecule has 0 aromatic heterocycles. The Hall–Kier alpha value is -0.860. The van der Waals surface area contributed by atoms with Crippen LogP contribution in [0.5, 0.6) is 0 Å². The van der Waals surface area contributed by atoms with Crippen molar-refractivity contribution in [2.75, 3.05) is 13.2 Å². The van der Waals surface area contributed by atoms with Crippen molar-refractivity contribution in [3.05, 3.63) is 35.4 Å². The first-order valence-corrected chi connectivity index (χ1v) is 7.87. The summed E-state index contributed by atoms with van der Waals surface area (Å²) in [5.41, 5.74) is 3.23. The molecule has 1 aliphatic carbocycles. The van der Waals surface area contributed by atoms with E-state index in [9.17, 15) is 0 Å². The largest absolute Gasteiger partial charge is 0.380 e. The zero-order valence-corrected chi connectivity index (χ0v) is 13.6. The quantitative estimate of drug-likeness (QED) is 0.848. The lowest BCUT2D eigenvalue weighted by atomic mass is 9.84. The number of benzene rings is 1. The molecule has 0 bridgehead atoms. The van der Waals surface area contributed by atoms with Crippen molar-refractivity contribution in [3.63, 3.8) is 0 Å². The van der Waals surface area contributed by atoms with Gasteiger partial charge >= 0.3 is 0 Å². The maximum atomic E-state index is 5.66. The Balaban J connectivity index is 2.17. The van der Waals surface area contributed by atoms with E-state index >= 15 is 0 Å². The summed E-state index contributed by atoms with van der Waals surface area (Å²) in [6.45, 7) is 12.9. The van der Waals surface area contributed by atoms with Gasteiger partial charge in [0.25, 0.3) is 0 Å². The normalized spacial score (nSPS) is 22.0. The highest BCUT2D eigenvalue weighted by Gasteiger charge is 2.39. The first-order valence-electron chi connectivity index (χ1n) is 7.87. The SMILES string of the molecule is CCOCC(NC1c2ccccc2CC1(C)C)C(C)C. The minimum atomic E-state index is 0.267.